The van der Waals surface area contributed by atoms with Crippen molar-refractivity contribution >= 4 is 11.7 Å². The predicted octanol–water partition coefficient (Wildman–Crippen LogP) is 1.16. The minimum absolute atomic E-state index is 0.0288. The molecule has 0 unspecified atom stereocenters. The van der Waals surface area contributed by atoms with Crippen molar-refractivity contribution in [2.45, 2.75) is 31.7 Å². The van der Waals surface area contributed by atoms with E-state index in [0.29, 0.717) is 12.5 Å². The van der Waals surface area contributed by atoms with Crippen LogP contribution in [0, 0.1) is 12.3 Å². The second-order valence-electron chi connectivity index (χ2n) is 4.43. The van der Waals surface area contributed by atoms with E-state index in [4.69, 9.17) is 6.42 Å². The molecule has 5 nitrogen and oxygen atoms in total. The normalized spacial score (nSPS) is 14.8. The summed E-state index contributed by atoms with van der Waals surface area (Å²) in [6.07, 6.45) is 9.85. The van der Waals surface area contributed by atoms with Crippen molar-refractivity contribution in [2.75, 3.05) is 18.4 Å². The lowest BCUT2D eigenvalue weighted by Crippen LogP contribution is -2.44. The van der Waals surface area contributed by atoms with E-state index in [2.05, 4.69) is 21.7 Å². The second-order valence-corrected chi connectivity index (χ2v) is 4.43. The number of nitrogens with zero attached hydrogens (tertiary/aromatic N) is 2. The molecule has 0 radical (unpaired) electrons. The van der Waals surface area contributed by atoms with Crippen LogP contribution in [0.4, 0.5) is 5.82 Å². The molecule has 2 rings (SSSR count). The monoisotopic (exact) mass is 246 g/mol. The lowest BCUT2D eigenvalue weighted by molar-refractivity contribution is -0.116. The predicted molar refractivity (Wildman–Crippen MR) is 70.1 cm³/mol. The Balaban J connectivity index is 1.80. The number of aromatic nitrogens is 2. The molecule has 1 aliphatic rings. The summed E-state index contributed by atoms with van der Waals surface area (Å²) in [6.45, 7) is 1.82. The van der Waals surface area contributed by atoms with E-state index in [1.54, 1.807) is 6.20 Å². The highest BCUT2D eigenvalue weighted by atomic mass is 16.1. The van der Waals surface area contributed by atoms with Gasteiger partial charge in [-0.3, -0.25) is 4.79 Å². The Labute approximate surface area is 107 Å². The maximum absolute atomic E-state index is 11.7. The van der Waals surface area contributed by atoms with E-state index in [9.17, 15) is 4.79 Å². The molecule has 1 aliphatic heterocycles. The summed E-state index contributed by atoms with van der Waals surface area (Å²) < 4.78 is 1.87. The topological polar surface area (TPSA) is 59.0 Å². The van der Waals surface area contributed by atoms with Gasteiger partial charge in [0.1, 0.15) is 5.82 Å². The number of anilines is 1. The first kappa shape index (κ1) is 12.7. The fraction of sp³-hybridized carbons (Fsp3) is 0.538. The number of amides is 1. The highest BCUT2D eigenvalue weighted by Gasteiger charge is 2.21. The number of nitrogens with one attached hydrogen (secondary N) is 2. The van der Waals surface area contributed by atoms with Crippen molar-refractivity contribution in [3.05, 3.63) is 12.3 Å². The van der Waals surface area contributed by atoms with Gasteiger partial charge in [0.25, 0.3) is 0 Å². The molecule has 1 aromatic rings. The van der Waals surface area contributed by atoms with Crippen LogP contribution in [-0.4, -0.2) is 28.8 Å². The molecule has 1 amide bonds. The molecule has 5 heteroatoms. The largest absolute Gasteiger partial charge is 0.312 e. The summed E-state index contributed by atoms with van der Waals surface area (Å²) in [7, 11) is 0. The highest BCUT2D eigenvalue weighted by molar-refractivity contribution is 5.89. The molecule has 18 heavy (non-hydrogen) atoms. The van der Waals surface area contributed by atoms with Crippen LogP contribution in [0.2, 0.25) is 0 Å². The quantitative estimate of drug-likeness (QED) is 0.585. The Kier molecular flexibility index (Phi) is 4.37. The van der Waals surface area contributed by atoms with Crippen LogP contribution in [-0.2, 0) is 4.79 Å². The Morgan fingerprint density at radius 2 is 2.44 bits per heavy atom. The molecule has 1 aromatic heterocycles. The minimum Gasteiger partial charge on any atom is -0.312 e. The van der Waals surface area contributed by atoms with E-state index in [1.165, 1.54) is 0 Å². The van der Waals surface area contributed by atoms with E-state index >= 15 is 0 Å². The van der Waals surface area contributed by atoms with Gasteiger partial charge < -0.3 is 10.6 Å². The third-order valence-corrected chi connectivity index (χ3v) is 3.02. The fourth-order valence-electron chi connectivity index (χ4n) is 1.87. The average Bonchev–Trinajstić information content (AvgIpc) is 2.71. The molecule has 2 heterocycles. The van der Waals surface area contributed by atoms with E-state index in [-0.39, 0.29) is 5.91 Å². The summed E-state index contributed by atoms with van der Waals surface area (Å²) in [5.41, 5.74) is 0. The minimum atomic E-state index is 0.0288. The van der Waals surface area contributed by atoms with Crippen molar-refractivity contribution in [3.8, 4) is 12.3 Å². The SMILES string of the molecule is C#CCCCCC(=O)Nc1ccnn1C1CNC1. The van der Waals surface area contributed by atoms with Crippen molar-refractivity contribution in [1.82, 2.24) is 15.1 Å². The third kappa shape index (κ3) is 3.11. The molecular weight excluding hydrogens is 228 g/mol. The van der Waals surface area contributed by atoms with Crippen LogP contribution in [0.1, 0.15) is 31.7 Å². The zero-order chi connectivity index (χ0) is 12.8. The van der Waals surface area contributed by atoms with Gasteiger partial charge in [0.05, 0.1) is 12.2 Å². The van der Waals surface area contributed by atoms with Gasteiger partial charge in [-0.1, -0.05) is 0 Å². The molecule has 0 bridgehead atoms. The van der Waals surface area contributed by atoms with Gasteiger partial charge in [-0.2, -0.15) is 5.10 Å². The van der Waals surface area contributed by atoms with Gasteiger partial charge in [-0.15, -0.1) is 12.3 Å². The number of terminal acetylenes is 1. The number of rotatable bonds is 6. The van der Waals surface area contributed by atoms with Crippen molar-refractivity contribution in [3.63, 3.8) is 0 Å². The Bertz CT molecular complexity index is 442. The van der Waals surface area contributed by atoms with Crippen LogP contribution in [0.3, 0.4) is 0 Å². The Hall–Kier alpha value is -1.80. The number of carbonyl (C=O) groups excluding carboxylic acids is 1. The van der Waals surface area contributed by atoms with Crippen molar-refractivity contribution in [2.24, 2.45) is 0 Å². The number of carbonyl (C=O) groups is 1. The number of hydrogen-bond acceptors (Lipinski definition) is 3. The van der Waals surface area contributed by atoms with Crippen LogP contribution in [0.15, 0.2) is 12.3 Å². The molecule has 0 aliphatic carbocycles. The van der Waals surface area contributed by atoms with Gasteiger partial charge in [-0.25, -0.2) is 4.68 Å². The lowest BCUT2D eigenvalue weighted by Gasteiger charge is -2.28. The first-order valence-electron chi connectivity index (χ1n) is 6.29. The first-order chi connectivity index (χ1) is 8.81. The van der Waals surface area contributed by atoms with E-state index in [0.717, 1.165) is 38.2 Å². The number of unbranched alkanes of at least 4 members (excludes halogenated alkanes) is 2. The molecule has 2 N–H and O–H groups in total. The van der Waals surface area contributed by atoms with E-state index in [1.807, 2.05) is 10.7 Å². The third-order valence-electron chi connectivity index (χ3n) is 3.02. The summed E-state index contributed by atoms with van der Waals surface area (Å²) in [5, 5.41) is 10.3. The van der Waals surface area contributed by atoms with Crippen molar-refractivity contribution < 1.29 is 4.79 Å². The van der Waals surface area contributed by atoms with Gasteiger partial charge in [0.2, 0.25) is 5.91 Å². The average molecular weight is 246 g/mol. The fourth-order valence-corrected chi connectivity index (χ4v) is 1.87. The first-order valence-corrected chi connectivity index (χ1v) is 6.29. The standard InChI is InChI=1S/C13H18N4O/c1-2-3-4-5-6-13(18)16-12-7-8-15-17(12)11-9-14-10-11/h1,7-8,11,14H,3-6,9-10H2,(H,16,18). The molecule has 0 atom stereocenters. The molecule has 1 fully saturated rings. The lowest BCUT2D eigenvalue weighted by atomic mass is 10.2. The molecule has 0 aromatic carbocycles. The smallest absolute Gasteiger partial charge is 0.225 e. The Morgan fingerprint density at radius 3 is 3.11 bits per heavy atom. The summed E-state index contributed by atoms with van der Waals surface area (Å²) in [5.74, 6) is 3.38. The van der Waals surface area contributed by atoms with Gasteiger partial charge in [-0.05, 0) is 12.8 Å². The summed E-state index contributed by atoms with van der Waals surface area (Å²) in [6, 6.07) is 2.19. The van der Waals surface area contributed by atoms with Gasteiger partial charge in [0, 0.05) is 32.0 Å². The second kappa shape index (κ2) is 6.22. The van der Waals surface area contributed by atoms with Gasteiger partial charge in [0.15, 0.2) is 0 Å². The Morgan fingerprint density at radius 1 is 1.61 bits per heavy atom. The maximum atomic E-state index is 11.7. The molecule has 0 spiro atoms. The summed E-state index contributed by atoms with van der Waals surface area (Å²) >= 11 is 0. The molecule has 96 valence electrons. The molecule has 1 saturated heterocycles. The maximum Gasteiger partial charge on any atom is 0.225 e. The van der Waals surface area contributed by atoms with Gasteiger partial charge >= 0.3 is 0 Å². The van der Waals surface area contributed by atoms with Crippen LogP contribution < -0.4 is 10.6 Å². The van der Waals surface area contributed by atoms with Crippen LogP contribution in [0.25, 0.3) is 0 Å². The van der Waals surface area contributed by atoms with E-state index < -0.39 is 0 Å². The molecular formula is C13H18N4O. The number of hydrogen-bond donors (Lipinski definition) is 2. The van der Waals surface area contributed by atoms with Crippen LogP contribution >= 0.6 is 0 Å². The van der Waals surface area contributed by atoms with Crippen molar-refractivity contribution in [1.29, 1.82) is 0 Å². The molecule has 0 saturated carbocycles. The zero-order valence-electron chi connectivity index (χ0n) is 10.4. The highest BCUT2D eigenvalue weighted by Crippen LogP contribution is 2.17. The summed E-state index contributed by atoms with van der Waals surface area (Å²) in [4.78, 5) is 11.7. The van der Waals surface area contributed by atoms with Crippen LogP contribution in [0.5, 0.6) is 0 Å². The zero-order valence-corrected chi connectivity index (χ0v) is 10.4.